The second-order valence-electron chi connectivity index (χ2n) is 4.14. The Morgan fingerprint density at radius 3 is 2.65 bits per heavy atom. The highest BCUT2D eigenvalue weighted by Gasteiger charge is 2.22. The third kappa shape index (κ3) is 3.00. The number of thioether (sulfide) groups is 1. The number of anilines is 1. The van der Waals surface area contributed by atoms with Crippen LogP contribution in [0.1, 0.15) is 11.5 Å². The molecule has 1 heterocycles. The number of para-hydroxylation sites is 1. The lowest BCUT2D eigenvalue weighted by molar-refractivity contribution is 0.479. The standard InChI is InChI=1S/C13H16N2O3S2/c1-9-13(7-10(8-14)18-9)20(16,17)15-11-5-3-4-6-12(11)19-2/h3-7,15H,8,14H2,1-2H3. The number of furan rings is 1. The van der Waals surface area contributed by atoms with Crippen LogP contribution >= 0.6 is 11.8 Å². The lowest BCUT2D eigenvalue weighted by Gasteiger charge is -2.10. The van der Waals surface area contributed by atoms with E-state index in [1.54, 1.807) is 19.1 Å². The van der Waals surface area contributed by atoms with Crippen LogP contribution in [0.2, 0.25) is 0 Å². The summed E-state index contributed by atoms with van der Waals surface area (Å²) in [7, 11) is -3.68. The molecule has 108 valence electrons. The van der Waals surface area contributed by atoms with Crippen LogP contribution in [0.25, 0.3) is 0 Å². The van der Waals surface area contributed by atoms with Gasteiger partial charge in [-0.1, -0.05) is 12.1 Å². The first-order valence-electron chi connectivity index (χ1n) is 5.93. The van der Waals surface area contributed by atoms with Gasteiger partial charge in [-0.15, -0.1) is 11.8 Å². The van der Waals surface area contributed by atoms with Gasteiger partial charge in [-0.25, -0.2) is 8.42 Å². The summed E-state index contributed by atoms with van der Waals surface area (Å²) in [6, 6.07) is 8.68. The summed E-state index contributed by atoms with van der Waals surface area (Å²) < 4.78 is 32.7. The molecular weight excluding hydrogens is 296 g/mol. The fourth-order valence-corrected chi connectivity index (χ4v) is 3.72. The molecule has 2 aromatic rings. The molecule has 0 aliphatic rings. The molecule has 0 aliphatic carbocycles. The smallest absolute Gasteiger partial charge is 0.265 e. The average Bonchev–Trinajstić information content (AvgIpc) is 2.81. The summed E-state index contributed by atoms with van der Waals surface area (Å²) in [6.45, 7) is 1.77. The predicted octanol–water partition coefficient (Wildman–Crippen LogP) is 2.57. The molecular formula is C13H16N2O3S2. The van der Waals surface area contributed by atoms with Crippen LogP contribution in [0.15, 0.2) is 44.5 Å². The minimum Gasteiger partial charge on any atom is -0.464 e. The van der Waals surface area contributed by atoms with Gasteiger partial charge in [-0.2, -0.15) is 0 Å². The maximum Gasteiger partial charge on any atom is 0.265 e. The molecule has 0 atom stereocenters. The van der Waals surface area contributed by atoms with E-state index in [9.17, 15) is 8.42 Å². The summed E-state index contributed by atoms with van der Waals surface area (Å²) in [6.07, 6.45) is 1.89. The van der Waals surface area contributed by atoms with Crippen molar-refractivity contribution < 1.29 is 12.8 Å². The van der Waals surface area contributed by atoms with Crippen LogP contribution in [0.3, 0.4) is 0 Å². The molecule has 3 N–H and O–H groups in total. The molecule has 2 rings (SSSR count). The Morgan fingerprint density at radius 2 is 2.05 bits per heavy atom. The summed E-state index contributed by atoms with van der Waals surface area (Å²) >= 11 is 1.47. The molecule has 0 radical (unpaired) electrons. The monoisotopic (exact) mass is 312 g/mol. The van der Waals surface area contributed by atoms with Crippen molar-refractivity contribution in [1.29, 1.82) is 0 Å². The van der Waals surface area contributed by atoms with Gasteiger partial charge in [0, 0.05) is 11.0 Å². The van der Waals surface area contributed by atoms with Crippen molar-refractivity contribution in [2.24, 2.45) is 5.73 Å². The molecule has 0 amide bonds. The number of nitrogens with two attached hydrogens (primary N) is 1. The zero-order valence-electron chi connectivity index (χ0n) is 11.2. The van der Waals surface area contributed by atoms with Crippen LogP contribution in [-0.2, 0) is 16.6 Å². The van der Waals surface area contributed by atoms with Crippen LogP contribution < -0.4 is 10.5 Å². The molecule has 1 aromatic heterocycles. The van der Waals surface area contributed by atoms with Gasteiger partial charge < -0.3 is 10.2 Å². The second-order valence-corrected chi connectivity index (χ2v) is 6.64. The first kappa shape index (κ1) is 15.0. The maximum atomic E-state index is 12.4. The molecule has 0 spiro atoms. The van der Waals surface area contributed by atoms with Crippen LogP contribution in [-0.4, -0.2) is 14.7 Å². The fourth-order valence-electron chi connectivity index (χ4n) is 1.82. The van der Waals surface area contributed by atoms with E-state index in [-0.39, 0.29) is 11.4 Å². The van der Waals surface area contributed by atoms with Crippen molar-refractivity contribution in [3.63, 3.8) is 0 Å². The van der Waals surface area contributed by atoms with Gasteiger partial charge in [0.2, 0.25) is 0 Å². The van der Waals surface area contributed by atoms with Gasteiger partial charge in [0.05, 0.1) is 12.2 Å². The molecule has 0 unspecified atom stereocenters. The summed E-state index contributed by atoms with van der Waals surface area (Å²) in [4.78, 5) is 0.977. The van der Waals surface area contributed by atoms with Gasteiger partial charge in [-0.3, -0.25) is 4.72 Å². The van der Waals surface area contributed by atoms with E-state index < -0.39 is 10.0 Å². The van der Waals surface area contributed by atoms with E-state index in [0.29, 0.717) is 17.2 Å². The Bertz CT molecular complexity index is 708. The highest BCUT2D eigenvalue weighted by atomic mass is 32.2. The molecule has 5 nitrogen and oxygen atoms in total. The van der Waals surface area contributed by atoms with Gasteiger partial charge in [0.1, 0.15) is 16.4 Å². The molecule has 0 fully saturated rings. The number of hydrogen-bond donors (Lipinski definition) is 2. The minimum absolute atomic E-state index is 0.119. The number of nitrogens with one attached hydrogen (secondary N) is 1. The molecule has 7 heteroatoms. The van der Waals surface area contributed by atoms with Gasteiger partial charge in [0.25, 0.3) is 10.0 Å². The van der Waals surface area contributed by atoms with Gasteiger partial charge >= 0.3 is 0 Å². The fraction of sp³-hybridized carbons (Fsp3) is 0.231. The first-order chi connectivity index (χ1) is 9.47. The van der Waals surface area contributed by atoms with Crippen molar-refractivity contribution in [3.05, 3.63) is 41.9 Å². The van der Waals surface area contributed by atoms with Gasteiger partial charge in [0.15, 0.2) is 0 Å². The molecule has 1 aromatic carbocycles. The quantitative estimate of drug-likeness (QED) is 0.829. The van der Waals surface area contributed by atoms with E-state index in [4.69, 9.17) is 10.2 Å². The van der Waals surface area contributed by atoms with E-state index in [0.717, 1.165) is 4.90 Å². The number of benzene rings is 1. The van der Waals surface area contributed by atoms with E-state index in [1.807, 2.05) is 18.4 Å². The predicted molar refractivity (Wildman–Crippen MR) is 80.4 cm³/mol. The molecule has 0 bridgehead atoms. The Kier molecular flexibility index (Phi) is 4.42. The average molecular weight is 312 g/mol. The van der Waals surface area contributed by atoms with Crippen molar-refractivity contribution in [1.82, 2.24) is 0 Å². The largest absolute Gasteiger partial charge is 0.464 e. The summed E-state index contributed by atoms with van der Waals surface area (Å²) in [5, 5.41) is 0. The minimum atomic E-state index is -3.68. The Balaban J connectivity index is 2.38. The van der Waals surface area contributed by atoms with Crippen molar-refractivity contribution >= 4 is 27.5 Å². The highest BCUT2D eigenvalue weighted by Crippen LogP contribution is 2.28. The zero-order chi connectivity index (χ0) is 14.8. The lowest BCUT2D eigenvalue weighted by Crippen LogP contribution is -2.13. The maximum absolute atomic E-state index is 12.4. The summed E-state index contributed by atoms with van der Waals surface area (Å²) in [5.74, 6) is 0.778. The van der Waals surface area contributed by atoms with Gasteiger partial charge in [-0.05, 0) is 25.3 Å². The Morgan fingerprint density at radius 1 is 1.35 bits per heavy atom. The lowest BCUT2D eigenvalue weighted by atomic mass is 10.3. The number of sulfonamides is 1. The van der Waals surface area contributed by atoms with Crippen LogP contribution in [0, 0.1) is 6.92 Å². The molecule has 0 saturated heterocycles. The second kappa shape index (κ2) is 5.90. The van der Waals surface area contributed by atoms with Crippen molar-refractivity contribution in [3.8, 4) is 0 Å². The summed E-state index contributed by atoms with van der Waals surface area (Å²) in [5.41, 5.74) is 6.01. The van der Waals surface area contributed by atoms with E-state index in [1.165, 1.54) is 17.8 Å². The first-order valence-corrected chi connectivity index (χ1v) is 8.64. The number of rotatable bonds is 5. The zero-order valence-corrected chi connectivity index (χ0v) is 12.8. The Labute approximate surface area is 122 Å². The van der Waals surface area contributed by atoms with Crippen LogP contribution in [0.4, 0.5) is 5.69 Å². The van der Waals surface area contributed by atoms with Crippen molar-refractivity contribution in [2.45, 2.75) is 23.3 Å². The third-order valence-electron chi connectivity index (χ3n) is 2.77. The SMILES string of the molecule is CSc1ccccc1NS(=O)(=O)c1cc(CN)oc1C. The highest BCUT2D eigenvalue weighted by molar-refractivity contribution is 7.99. The van der Waals surface area contributed by atoms with Crippen LogP contribution in [0.5, 0.6) is 0 Å². The molecule has 0 saturated carbocycles. The topological polar surface area (TPSA) is 85.3 Å². The van der Waals surface area contributed by atoms with E-state index in [2.05, 4.69) is 4.72 Å². The molecule has 20 heavy (non-hydrogen) atoms. The number of hydrogen-bond acceptors (Lipinski definition) is 5. The Hall–Kier alpha value is -1.44. The van der Waals surface area contributed by atoms with Crippen molar-refractivity contribution in [2.75, 3.05) is 11.0 Å². The third-order valence-corrected chi connectivity index (χ3v) is 5.03. The normalized spacial score (nSPS) is 11.6. The van der Waals surface area contributed by atoms with E-state index >= 15 is 0 Å². The number of aryl methyl sites for hydroxylation is 1. The molecule has 0 aliphatic heterocycles.